The number of ether oxygens (including phenoxy) is 1. The Morgan fingerprint density at radius 1 is 0.950 bits per heavy atom. The van der Waals surface area contributed by atoms with Gasteiger partial charge in [-0.2, -0.15) is 0 Å². The SMILES string of the molecule is CN(CCOc1cc(Cl)c(Cl)cc1Cl)c1ccccc1. The van der Waals surface area contributed by atoms with E-state index in [4.69, 9.17) is 39.5 Å². The van der Waals surface area contributed by atoms with Crippen LogP contribution in [0.4, 0.5) is 5.69 Å². The molecule has 0 amide bonds. The maximum atomic E-state index is 6.05. The monoisotopic (exact) mass is 329 g/mol. The Hall–Kier alpha value is -1.09. The van der Waals surface area contributed by atoms with Crippen molar-refractivity contribution in [1.29, 1.82) is 0 Å². The first-order valence-electron chi connectivity index (χ1n) is 6.11. The molecule has 0 aliphatic heterocycles. The normalized spacial score (nSPS) is 10.4. The van der Waals surface area contributed by atoms with E-state index in [1.807, 2.05) is 37.4 Å². The third kappa shape index (κ3) is 3.95. The molecule has 2 aromatic carbocycles. The van der Waals surface area contributed by atoms with Crippen molar-refractivity contribution in [2.75, 3.05) is 25.1 Å². The predicted molar refractivity (Wildman–Crippen MR) is 86.7 cm³/mol. The van der Waals surface area contributed by atoms with Crippen LogP contribution in [0.25, 0.3) is 0 Å². The summed E-state index contributed by atoms with van der Waals surface area (Å²) in [4.78, 5) is 2.10. The van der Waals surface area contributed by atoms with E-state index in [1.54, 1.807) is 12.1 Å². The van der Waals surface area contributed by atoms with Crippen LogP contribution >= 0.6 is 34.8 Å². The minimum absolute atomic E-state index is 0.422. The lowest BCUT2D eigenvalue weighted by molar-refractivity contribution is 0.326. The van der Waals surface area contributed by atoms with Crippen molar-refractivity contribution < 1.29 is 4.74 Å². The van der Waals surface area contributed by atoms with E-state index in [2.05, 4.69) is 4.90 Å². The molecule has 2 rings (SSSR count). The van der Waals surface area contributed by atoms with Gasteiger partial charge in [0, 0.05) is 18.8 Å². The number of anilines is 1. The summed E-state index contributed by atoms with van der Waals surface area (Å²) in [5, 5.41) is 1.31. The molecule has 106 valence electrons. The molecule has 20 heavy (non-hydrogen) atoms. The van der Waals surface area contributed by atoms with Crippen LogP contribution in [0, 0.1) is 0 Å². The predicted octanol–water partition coefficient (Wildman–Crippen LogP) is 5.16. The lowest BCUT2D eigenvalue weighted by Crippen LogP contribution is -2.23. The van der Waals surface area contributed by atoms with E-state index in [0.29, 0.717) is 27.4 Å². The van der Waals surface area contributed by atoms with Crippen molar-refractivity contribution in [3.63, 3.8) is 0 Å². The largest absolute Gasteiger partial charge is 0.490 e. The third-order valence-corrected chi connectivity index (χ3v) is 3.87. The minimum Gasteiger partial charge on any atom is -0.490 e. The second kappa shape index (κ2) is 7.07. The summed E-state index contributed by atoms with van der Waals surface area (Å²) in [5.74, 6) is 0.544. The zero-order valence-corrected chi connectivity index (χ0v) is 13.2. The van der Waals surface area contributed by atoms with Gasteiger partial charge in [-0.1, -0.05) is 53.0 Å². The van der Waals surface area contributed by atoms with Crippen molar-refractivity contribution in [2.24, 2.45) is 0 Å². The van der Waals surface area contributed by atoms with E-state index in [0.717, 1.165) is 12.2 Å². The van der Waals surface area contributed by atoms with Gasteiger partial charge in [-0.3, -0.25) is 0 Å². The maximum Gasteiger partial charge on any atom is 0.139 e. The van der Waals surface area contributed by atoms with E-state index >= 15 is 0 Å². The summed E-state index contributed by atoms with van der Waals surface area (Å²) in [6.45, 7) is 1.24. The standard InChI is InChI=1S/C15H14Cl3NO/c1-19(11-5-3-2-4-6-11)7-8-20-15-10-13(17)12(16)9-14(15)18/h2-6,9-10H,7-8H2,1H3. The fraction of sp³-hybridized carbons (Fsp3) is 0.200. The molecule has 0 spiro atoms. The second-order valence-electron chi connectivity index (χ2n) is 4.30. The van der Waals surface area contributed by atoms with E-state index < -0.39 is 0 Å². The molecule has 0 N–H and O–H groups in total. The Bertz CT molecular complexity index is 575. The number of para-hydroxylation sites is 1. The summed E-state index contributed by atoms with van der Waals surface area (Å²) in [6, 6.07) is 13.3. The van der Waals surface area contributed by atoms with Gasteiger partial charge in [0.25, 0.3) is 0 Å². The van der Waals surface area contributed by atoms with Gasteiger partial charge in [0.15, 0.2) is 0 Å². The van der Waals surface area contributed by atoms with E-state index in [-0.39, 0.29) is 0 Å². The van der Waals surface area contributed by atoms with E-state index in [9.17, 15) is 0 Å². The minimum atomic E-state index is 0.422. The molecule has 0 unspecified atom stereocenters. The lowest BCUT2D eigenvalue weighted by atomic mass is 10.3. The first kappa shape index (κ1) is 15.3. The fourth-order valence-electron chi connectivity index (χ4n) is 1.72. The molecule has 0 saturated carbocycles. The molecule has 0 radical (unpaired) electrons. The smallest absolute Gasteiger partial charge is 0.139 e. The number of halogens is 3. The van der Waals surface area contributed by atoms with Crippen LogP contribution in [0.5, 0.6) is 5.75 Å². The number of hydrogen-bond donors (Lipinski definition) is 0. The molecule has 5 heteroatoms. The van der Waals surface area contributed by atoms with Crippen molar-refractivity contribution >= 4 is 40.5 Å². The van der Waals surface area contributed by atoms with Gasteiger partial charge < -0.3 is 9.64 Å². The third-order valence-electron chi connectivity index (χ3n) is 2.86. The quantitative estimate of drug-likeness (QED) is 0.702. The van der Waals surface area contributed by atoms with Gasteiger partial charge in [-0.05, 0) is 18.2 Å². The Kier molecular flexibility index (Phi) is 5.41. The van der Waals surface area contributed by atoms with Gasteiger partial charge in [-0.25, -0.2) is 0 Å². The summed E-state index contributed by atoms with van der Waals surface area (Å²) in [6.07, 6.45) is 0. The van der Waals surface area contributed by atoms with Gasteiger partial charge in [0.2, 0.25) is 0 Å². The lowest BCUT2D eigenvalue weighted by Gasteiger charge is -2.19. The van der Waals surface area contributed by atoms with Crippen LogP contribution < -0.4 is 9.64 Å². The molecule has 0 bridgehead atoms. The first-order chi connectivity index (χ1) is 9.58. The van der Waals surface area contributed by atoms with Crippen LogP contribution in [-0.4, -0.2) is 20.2 Å². The molecule has 0 aliphatic rings. The first-order valence-corrected chi connectivity index (χ1v) is 7.25. The molecular weight excluding hydrogens is 317 g/mol. The number of hydrogen-bond acceptors (Lipinski definition) is 2. The number of likely N-dealkylation sites (N-methyl/N-ethyl adjacent to an activating group) is 1. The van der Waals surface area contributed by atoms with Crippen LogP contribution in [0.3, 0.4) is 0 Å². The highest BCUT2D eigenvalue weighted by Crippen LogP contribution is 2.33. The van der Waals surface area contributed by atoms with Crippen LogP contribution in [0.15, 0.2) is 42.5 Å². The van der Waals surface area contributed by atoms with E-state index in [1.165, 1.54) is 0 Å². The average molecular weight is 331 g/mol. The zero-order valence-electron chi connectivity index (χ0n) is 10.9. The number of nitrogens with zero attached hydrogens (tertiary/aromatic N) is 1. The molecule has 0 fully saturated rings. The second-order valence-corrected chi connectivity index (χ2v) is 5.52. The Balaban J connectivity index is 1.92. The van der Waals surface area contributed by atoms with Crippen molar-refractivity contribution in [2.45, 2.75) is 0 Å². The van der Waals surface area contributed by atoms with Gasteiger partial charge in [-0.15, -0.1) is 0 Å². The zero-order chi connectivity index (χ0) is 14.5. The highest BCUT2D eigenvalue weighted by molar-refractivity contribution is 6.43. The Morgan fingerprint density at radius 3 is 2.30 bits per heavy atom. The topological polar surface area (TPSA) is 12.5 Å². The van der Waals surface area contributed by atoms with Crippen LogP contribution in [-0.2, 0) is 0 Å². The average Bonchev–Trinajstić information content (AvgIpc) is 2.45. The van der Waals surface area contributed by atoms with Gasteiger partial charge in [0.05, 0.1) is 21.6 Å². The molecule has 2 aromatic rings. The molecule has 2 nitrogen and oxygen atoms in total. The Labute approximate surface area is 133 Å². The molecule has 0 atom stereocenters. The molecule has 0 aliphatic carbocycles. The van der Waals surface area contributed by atoms with Crippen molar-refractivity contribution in [3.05, 3.63) is 57.5 Å². The fourth-order valence-corrected chi connectivity index (χ4v) is 2.31. The van der Waals surface area contributed by atoms with Crippen LogP contribution in [0.1, 0.15) is 0 Å². The van der Waals surface area contributed by atoms with Crippen LogP contribution in [0.2, 0.25) is 15.1 Å². The summed E-state index contributed by atoms with van der Waals surface area (Å²) in [7, 11) is 2.01. The Morgan fingerprint density at radius 2 is 1.60 bits per heavy atom. The molecular formula is C15H14Cl3NO. The molecule has 0 heterocycles. The maximum absolute atomic E-state index is 6.05. The van der Waals surface area contributed by atoms with Crippen molar-refractivity contribution in [1.82, 2.24) is 0 Å². The van der Waals surface area contributed by atoms with Gasteiger partial charge >= 0.3 is 0 Å². The number of rotatable bonds is 5. The summed E-state index contributed by atoms with van der Waals surface area (Å²) < 4.78 is 5.65. The highest BCUT2D eigenvalue weighted by Gasteiger charge is 2.07. The summed E-state index contributed by atoms with van der Waals surface area (Å²) >= 11 is 17.9. The molecule has 0 saturated heterocycles. The van der Waals surface area contributed by atoms with Gasteiger partial charge in [0.1, 0.15) is 12.4 Å². The summed E-state index contributed by atoms with van der Waals surface area (Å²) in [5.41, 5.74) is 1.14. The van der Waals surface area contributed by atoms with Crippen molar-refractivity contribution in [3.8, 4) is 5.75 Å². The highest BCUT2D eigenvalue weighted by atomic mass is 35.5. The number of benzene rings is 2. The molecule has 0 aromatic heterocycles.